The number of hydrogen-bond acceptors (Lipinski definition) is 3. The molecule has 3 rings (SSSR count). The lowest BCUT2D eigenvalue weighted by molar-refractivity contribution is 0.100. The normalized spacial score (nSPS) is 14.0. The Morgan fingerprint density at radius 2 is 1.87 bits per heavy atom. The molecule has 3 N–H and O–H groups in total. The summed E-state index contributed by atoms with van der Waals surface area (Å²) in [6.07, 6.45) is 5.07. The fraction of sp³-hybridized carbons (Fsp3) is 0.294. The lowest BCUT2D eigenvalue weighted by Gasteiger charge is -2.07. The molecule has 0 saturated heterocycles. The molecule has 2 aromatic rings. The van der Waals surface area contributed by atoms with Gasteiger partial charge in [-0.2, -0.15) is 0 Å². The van der Waals surface area contributed by atoms with E-state index in [0.717, 1.165) is 42.5 Å². The Labute approximate surface area is 143 Å². The van der Waals surface area contributed by atoms with E-state index in [4.69, 9.17) is 17.3 Å². The molecule has 1 aliphatic carbocycles. The maximum atomic E-state index is 12.4. The van der Waals surface area contributed by atoms with Crippen LogP contribution < -0.4 is 11.1 Å². The number of benzene rings is 1. The number of amides is 2. The maximum absolute atomic E-state index is 12.4. The zero-order valence-electron chi connectivity index (χ0n) is 12.5. The Balaban J connectivity index is 1.95. The van der Waals surface area contributed by atoms with Gasteiger partial charge in [0.05, 0.1) is 16.1 Å². The van der Waals surface area contributed by atoms with E-state index in [0.29, 0.717) is 21.2 Å². The van der Waals surface area contributed by atoms with Crippen LogP contribution in [0.4, 0.5) is 5.00 Å². The van der Waals surface area contributed by atoms with E-state index in [-0.39, 0.29) is 5.91 Å². The first-order valence-corrected chi connectivity index (χ1v) is 8.77. The molecule has 0 saturated carbocycles. The number of anilines is 1. The van der Waals surface area contributed by atoms with Crippen molar-refractivity contribution in [2.75, 3.05) is 5.32 Å². The van der Waals surface area contributed by atoms with E-state index in [2.05, 4.69) is 5.32 Å². The molecule has 2 amide bonds. The molecule has 0 atom stereocenters. The molecule has 23 heavy (non-hydrogen) atoms. The van der Waals surface area contributed by atoms with Gasteiger partial charge in [-0.1, -0.05) is 30.2 Å². The Bertz CT molecular complexity index is 770. The summed E-state index contributed by atoms with van der Waals surface area (Å²) in [4.78, 5) is 25.5. The molecule has 1 heterocycles. The van der Waals surface area contributed by atoms with Gasteiger partial charge in [0.1, 0.15) is 5.00 Å². The van der Waals surface area contributed by atoms with Gasteiger partial charge in [-0.15, -0.1) is 11.3 Å². The van der Waals surface area contributed by atoms with Crippen molar-refractivity contribution in [3.8, 4) is 0 Å². The highest BCUT2D eigenvalue weighted by molar-refractivity contribution is 7.17. The Hall–Kier alpha value is -1.85. The van der Waals surface area contributed by atoms with Crippen LogP contribution in [0.25, 0.3) is 0 Å². The third kappa shape index (κ3) is 3.26. The molecule has 1 aliphatic rings. The van der Waals surface area contributed by atoms with Crippen molar-refractivity contribution in [1.82, 2.24) is 0 Å². The van der Waals surface area contributed by atoms with E-state index in [9.17, 15) is 9.59 Å². The second kappa shape index (κ2) is 6.72. The molecule has 0 unspecified atom stereocenters. The molecule has 4 nitrogen and oxygen atoms in total. The predicted molar refractivity (Wildman–Crippen MR) is 93.5 cm³/mol. The van der Waals surface area contributed by atoms with Crippen molar-refractivity contribution in [2.24, 2.45) is 5.73 Å². The number of carbonyl (C=O) groups is 2. The summed E-state index contributed by atoms with van der Waals surface area (Å²) in [7, 11) is 0. The Kier molecular flexibility index (Phi) is 4.68. The molecular formula is C17H17ClN2O2S. The second-order valence-corrected chi connectivity index (χ2v) is 7.08. The van der Waals surface area contributed by atoms with Gasteiger partial charge in [-0.05, 0) is 43.4 Å². The highest BCUT2D eigenvalue weighted by atomic mass is 35.5. The fourth-order valence-electron chi connectivity index (χ4n) is 2.91. The van der Waals surface area contributed by atoms with E-state index in [1.54, 1.807) is 24.3 Å². The minimum absolute atomic E-state index is 0.325. The van der Waals surface area contributed by atoms with Gasteiger partial charge >= 0.3 is 0 Å². The van der Waals surface area contributed by atoms with E-state index < -0.39 is 5.91 Å². The first-order valence-electron chi connectivity index (χ1n) is 7.58. The van der Waals surface area contributed by atoms with Crippen molar-refractivity contribution in [3.63, 3.8) is 0 Å². The van der Waals surface area contributed by atoms with Crippen LogP contribution >= 0.6 is 22.9 Å². The van der Waals surface area contributed by atoms with Crippen LogP contribution in [0.1, 0.15) is 50.4 Å². The topological polar surface area (TPSA) is 72.2 Å². The number of thiophene rings is 1. The van der Waals surface area contributed by atoms with Crippen molar-refractivity contribution < 1.29 is 9.59 Å². The first-order chi connectivity index (χ1) is 11.1. The number of nitrogens with two attached hydrogens (primary N) is 1. The third-order valence-corrected chi connectivity index (χ3v) is 5.55. The lowest BCUT2D eigenvalue weighted by atomic mass is 10.1. The number of fused-ring (bicyclic) bond motifs is 1. The molecule has 1 aromatic heterocycles. The summed E-state index contributed by atoms with van der Waals surface area (Å²) < 4.78 is 0. The van der Waals surface area contributed by atoms with Crippen LogP contribution in [0, 0.1) is 0 Å². The van der Waals surface area contributed by atoms with Gasteiger partial charge in [0.25, 0.3) is 11.8 Å². The second-order valence-electron chi connectivity index (χ2n) is 5.57. The summed E-state index contributed by atoms with van der Waals surface area (Å²) >= 11 is 7.52. The number of halogens is 1. The number of hydrogen-bond donors (Lipinski definition) is 2. The summed E-state index contributed by atoms with van der Waals surface area (Å²) in [5.74, 6) is -0.812. The van der Waals surface area contributed by atoms with Gasteiger partial charge in [-0.3, -0.25) is 9.59 Å². The summed E-state index contributed by atoms with van der Waals surface area (Å²) in [5, 5.41) is 3.74. The van der Waals surface area contributed by atoms with Crippen LogP contribution in [0.3, 0.4) is 0 Å². The van der Waals surface area contributed by atoms with Crippen LogP contribution in [0.15, 0.2) is 24.3 Å². The predicted octanol–water partition coefficient (Wildman–Crippen LogP) is 4.02. The number of rotatable bonds is 3. The summed E-state index contributed by atoms with van der Waals surface area (Å²) in [5.41, 5.74) is 7.43. The minimum atomic E-state index is -0.487. The minimum Gasteiger partial charge on any atom is -0.365 e. The highest BCUT2D eigenvalue weighted by Crippen LogP contribution is 2.37. The standard InChI is InChI=1S/C17H17ClN2O2S/c18-12-8-5-4-6-10(12)16(22)20-17-14(15(19)21)11-7-2-1-3-9-13(11)23-17/h4-6,8H,1-3,7,9H2,(H2,19,21)(H,20,22). The van der Waals surface area contributed by atoms with Gasteiger partial charge < -0.3 is 11.1 Å². The van der Waals surface area contributed by atoms with Gasteiger partial charge in [0.2, 0.25) is 0 Å². The summed E-state index contributed by atoms with van der Waals surface area (Å²) in [6.45, 7) is 0. The lowest BCUT2D eigenvalue weighted by Crippen LogP contribution is -2.18. The number of carbonyl (C=O) groups excluding carboxylic acids is 2. The number of aryl methyl sites for hydroxylation is 1. The molecular weight excluding hydrogens is 332 g/mol. The zero-order valence-corrected chi connectivity index (χ0v) is 14.1. The average molecular weight is 349 g/mol. The third-order valence-electron chi connectivity index (χ3n) is 4.01. The highest BCUT2D eigenvalue weighted by Gasteiger charge is 2.24. The van der Waals surface area contributed by atoms with Crippen LogP contribution in [0.5, 0.6) is 0 Å². The quantitative estimate of drug-likeness (QED) is 0.822. The number of nitrogens with one attached hydrogen (secondary N) is 1. The monoisotopic (exact) mass is 348 g/mol. The van der Waals surface area contributed by atoms with Crippen LogP contribution in [-0.4, -0.2) is 11.8 Å². The molecule has 6 heteroatoms. The molecule has 0 radical (unpaired) electrons. The fourth-order valence-corrected chi connectivity index (χ4v) is 4.42. The van der Waals surface area contributed by atoms with E-state index in [1.807, 2.05) is 0 Å². The zero-order chi connectivity index (χ0) is 16.4. The average Bonchev–Trinajstić information content (AvgIpc) is 2.69. The van der Waals surface area contributed by atoms with Gasteiger partial charge in [0, 0.05) is 4.88 Å². The SMILES string of the molecule is NC(=O)c1c(NC(=O)c2ccccc2Cl)sc2c1CCCCC2. The number of primary amides is 1. The van der Waals surface area contributed by atoms with Gasteiger partial charge in [-0.25, -0.2) is 0 Å². The molecule has 0 aliphatic heterocycles. The van der Waals surface area contributed by atoms with Crippen molar-refractivity contribution in [2.45, 2.75) is 32.1 Å². The van der Waals surface area contributed by atoms with Crippen molar-refractivity contribution in [3.05, 3.63) is 50.9 Å². The van der Waals surface area contributed by atoms with Gasteiger partial charge in [0.15, 0.2) is 0 Å². The molecule has 0 spiro atoms. The largest absolute Gasteiger partial charge is 0.365 e. The van der Waals surface area contributed by atoms with Crippen LogP contribution in [0.2, 0.25) is 5.02 Å². The Morgan fingerprint density at radius 1 is 1.13 bits per heavy atom. The molecule has 1 aromatic carbocycles. The Morgan fingerprint density at radius 3 is 2.61 bits per heavy atom. The smallest absolute Gasteiger partial charge is 0.257 e. The van der Waals surface area contributed by atoms with E-state index in [1.165, 1.54) is 11.3 Å². The van der Waals surface area contributed by atoms with Crippen molar-refractivity contribution in [1.29, 1.82) is 0 Å². The summed E-state index contributed by atoms with van der Waals surface area (Å²) in [6, 6.07) is 6.83. The molecule has 0 bridgehead atoms. The van der Waals surface area contributed by atoms with E-state index >= 15 is 0 Å². The molecule has 0 fully saturated rings. The maximum Gasteiger partial charge on any atom is 0.257 e. The van der Waals surface area contributed by atoms with Crippen LogP contribution in [-0.2, 0) is 12.8 Å². The van der Waals surface area contributed by atoms with Crippen molar-refractivity contribution >= 4 is 39.8 Å². The molecule has 120 valence electrons. The first kappa shape index (κ1) is 16.0.